The van der Waals surface area contributed by atoms with E-state index < -0.39 is 0 Å². The molecule has 0 spiro atoms. The predicted molar refractivity (Wildman–Crippen MR) is 114 cm³/mol. The third kappa shape index (κ3) is 3.54. The van der Waals surface area contributed by atoms with Crippen molar-refractivity contribution in [3.8, 4) is 11.5 Å². The van der Waals surface area contributed by atoms with E-state index in [0.717, 1.165) is 16.8 Å². The molecule has 1 aliphatic heterocycles. The van der Waals surface area contributed by atoms with Crippen LogP contribution in [0, 0.1) is 6.92 Å². The summed E-state index contributed by atoms with van der Waals surface area (Å²) in [4.78, 5) is 16.7. The Balaban J connectivity index is 1.69. The third-order valence-electron chi connectivity index (χ3n) is 5.32. The predicted octanol–water partition coefficient (Wildman–Crippen LogP) is 4.05. The van der Waals surface area contributed by atoms with Crippen molar-refractivity contribution in [2.75, 3.05) is 12.4 Å². The van der Waals surface area contributed by atoms with E-state index in [2.05, 4.69) is 28.4 Å². The van der Waals surface area contributed by atoms with Crippen molar-refractivity contribution >= 4 is 11.7 Å². The number of carbonyl (C=O) groups is 1. The highest BCUT2D eigenvalue weighted by molar-refractivity contribution is 5.96. The first-order valence-electron chi connectivity index (χ1n) is 9.73. The average Bonchev–Trinajstić information content (AvgIpc) is 3.20. The van der Waals surface area contributed by atoms with Gasteiger partial charge in [0.15, 0.2) is 17.3 Å². The summed E-state index contributed by atoms with van der Waals surface area (Å²) in [7, 11) is 1.61. The summed E-state index contributed by atoms with van der Waals surface area (Å²) in [5, 5.41) is 7.48. The van der Waals surface area contributed by atoms with Gasteiger partial charge in [0.2, 0.25) is 5.95 Å². The zero-order valence-electron chi connectivity index (χ0n) is 17.5. The van der Waals surface area contributed by atoms with Crippen LogP contribution in [-0.2, 0) is 11.4 Å². The smallest absolute Gasteiger partial charge is 0.226 e. The van der Waals surface area contributed by atoms with Crippen molar-refractivity contribution in [2.45, 2.75) is 33.4 Å². The van der Waals surface area contributed by atoms with Crippen molar-refractivity contribution in [2.24, 2.45) is 0 Å². The largest absolute Gasteiger partial charge is 0.493 e. The number of fused-ring (bicyclic) bond motifs is 1. The molecule has 2 heterocycles. The summed E-state index contributed by atoms with van der Waals surface area (Å²) in [5.41, 5.74) is 4.57. The Morgan fingerprint density at radius 2 is 1.97 bits per heavy atom. The van der Waals surface area contributed by atoms with Crippen LogP contribution in [0.25, 0.3) is 0 Å². The molecule has 0 radical (unpaired) electrons. The number of benzene rings is 2. The normalized spacial score (nSPS) is 15.4. The number of hydrogen-bond donors (Lipinski definition) is 1. The van der Waals surface area contributed by atoms with E-state index in [4.69, 9.17) is 9.47 Å². The monoisotopic (exact) mass is 404 g/mol. The molecule has 0 aliphatic carbocycles. The maximum atomic E-state index is 12.4. The van der Waals surface area contributed by atoms with E-state index in [1.807, 2.05) is 43.3 Å². The number of ketones is 1. The molecule has 0 saturated heterocycles. The molecule has 0 saturated carbocycles. The first-order chi connectivity index (χ1) is 14.5. The summed E-state index contributed by atoms with van der Waals surface area (Å²) in [5.74, 6) is 1.82. The van der Waals surface area contributed by atoms with Crippen LogP contribution >= 0.6 is 0 Å². The molecule has 0 fully saturated rings. The van der Waals surface area contributed by atoms with Gasteiger partial charge in [-0.15, -0.1) is 0 Å². The van der Waals surface area contributed by atoms with Crippen LogP contribution < -0.4 is 14.8 Å². The van der Waals surface area contributed by atoms with Crippen molar-refractivity contribution < 1.29 is 14.3 Å². The number of aryl methyl sites for hydroxylation is 1. The van der Waals surface area contributed by atoms with Crippen LogP contribution in [0.1, 0.15) is 36.6 Å². The summed E-state index contributed by atoms with van der Waals surface area (Å²) in [6, 6.07) is 13.4. The number of hydrogen-bond acceptors (Lipinski definition) is 6. The highest BCUT2D eigenvalue weighted by Gasteiger charge is 2.32. The topological polar surface area (TPSA) is 78.3 Å². The Bertz CT molecular complexity index is 1130. The lowest BCUT2D eigenvalue weighted by molar-refractivity contribution is -0.114. The maximum absolute atomic E-state index is 12.4. The Kier molecular flexibility index (Phi) is 5.27. The minimum absolute atomic E-state index is 0.0232. The van der Waals surface area contributed by atoms with Crippen LogP contribution in [0.4, 0.5) is 5.95 Å². The van der Waals surface area contributed by atoms with Crippen molar-refractivity contribution in [3.05, 3.63) is 76.8 Å². The molecular weight excluding hydrogens is 380 g/mol. The van der Waals surface area contributed by atoms with Gasteiger partial charge < -0.3 is 14.8 Å². The number of methoxy groups -OCH3 is 1. The second-order valence-electron chi connectivity index (χ2n) is 7.28. The lowest BCUT2D eigenvalue weighted by Gasteiger charge is -2.28. The molecule has 1 unspecified atom stereocenters. The quantitative estimate of drug-likeness (QED) is 0.668. The van der Waals surface area contributed by atoms with Crippen LogP contribution in [0.15, 0.2) is 60.1 Å². The van der Waals surface area contributed by atoms with Crippen molar-refractivity contribution in [1.82, 2.24) is 14.8 Å². The highest BCUT2D eigenvalue weighted by Crippen LogP contribution is 2.38. The van der Waals surface area contributed by atoms with Crippen LogP contribution in [0.2, 0.25) is 0 Å². The van der Waals surface area contributed by atoms with Gasteiger partial charge in [-0.05, 0) is 49.6 Å². The summed E-state index contributed by atoms with van der Waals surface area (Å²) < 4.78 is 13.4. The van der Waals surface area contributed by atoms with E-state index in [9.17, 15) is 4.79 Å². The number of nitrogens with zero attached hydrogens (tertiary/aromatic N) is 3. The van der Waals surface area contributed by atoms with Gasteiger partial charge in [0.05, 0.1) is 7.11 Å². The molecule has 0 bridgehead atoms. The van der Waals surface area contributed by atoms with Crippen LogP contribution in [0.5, 0.6) is 11.5 Å². The molecule has 0 amide bonds. The number of ether oxygens (including phenoxy) is 2. The molecule has 7 heteroatoms. The molecule has 154 valence electrons. The number of Topliss-reactive ketones (excluding diaryl/α,β-unsaturated/α-hetero) is 1. The fraction of sp³-hybridized carbons (Fsp3) is 0.261. The Hall–Kier alpha value is -3.61. The Morgan fingerprint density at radius 3 is 2.70 bits per heavy atom. The number of allylic oxidation sites excluding steroid dienone is 2. The number of anilines is 1. The molecule has 1 aromatic heterocycles. The first kappa shape index (κ1) is 19.7. The fourth-order valence-corrected chi connectivity index (χ4v) is 3.76. The van der Waals surface area contributed by atoms with E-state index in [1.54, 1.807) is 18.7 Å². The molecule has 7 nitrogen and oxygen atoms in total. The first-order valence-corrected chi connectivity index (χ1v) is 9.73. The minimum atomic E-state index is -0.388. The maximum Gasteiger partial charge on any atom is 0.226 e. The second kappa shape index (κ2) is 8.02. The number of nitrogens with one attached hydrogen (secondary N) is 1. The fourth-order valence-electron chi connectivity index (χ4n) is 3.76. The molecule has 2 aromatic carbocycles. The summed E-state index contributed by atoms with van der Waals surface area (Å²) >= 11 is 0. The zero-order chi connectivity index (χ0) is 21.3. The number of aromatic nitrogens is 3. The Labute approximate surface area is 175 Å². The standard InChI is InChI=1S/C23H24N4O3/c1-14-7-5-6-8-18(14)12-30-19-10-9-17(11-20(19)29-4)22-21(16(3)28)15(2)26-23-24-13-25-27(22)23/h5-11,13,22H,12H2,1-4H3,(H,24,25,26). The van der Waals surface area contributed by atoms with Gasteiger partial charge in [-0.1, -0.05) is 30.3 Å². The van der Waals surface area contributed by atoms with E-state index >= 15 is 0 Å². The summed E-state index contributed by atoms with van der Waals surface area (Å²) in [6.07, 6.45) is 1.47. The molecule has 4 rings (SSSR count). The van der Waals surface area contributed by atoms with Gasteiger partial charge >= 0.3 is 0 Å². The van der Waals surface area contributed by atoms with Crippen LogP contribution in [-0.4, -0.2) is 27.7 Å². The highest BCUT2D eigenvalue weighted by atomic mass is 16.5. The SMILES string of the molecule is COc1cc(C2C(C(C)=O)=C(C)Nc3ncnn32)ccc1OCc1ccccc1C. The average molecular weight is 404 g/mol. The van der Waals surface area contributed by atoms with Gasteiger partial charge in [0.1, 0.15) is 19.0 Å². The van der Waals surface area contributed by atoms with Gasteiger partial charge in [-0.25, -0.2) is 4.68 Å². The van der Waals surface area contributed by atoms with E-state index in [-0.39, 0.29) is 11.8 Å². The second-order valence-corrected chi connectivity index (χ2v) is 7.28. The molecular formula is C23H24N4O3. The molecule has 1 N–H and O–H groups in total. The van der Waals surface area contributed by atoms with Gasteiger partial charge in [0, 0.05) is 11.3 Å². The van der Waals surface area contributed by atoms with Crippen molar-refractivity contribution in [1.29, 1.82) is 0 Å². The zero-order valence-corrected chi connectivity index (χ0v) is 17.5. The number of carbonyl (C=O) groups excluding carboxylic acids is 1. The minimum Gasteiger partial charge on any atom is -0.493 e. The number of rotatable bonds is 6. The van der Waals surface area contributed by atoms with Gasteiger partial charge in [-0.3, -0.25) is 4.79 Å². The molecule has 30 heavy (non-hydrogen) atoms. The van der Waals surface area contributed by atoms with Crippen LogP contribution in [0.3, 0.4) is 0 Å². The molecule has 3 aromatic rings. The lowest BCUT2D eigenvalue weighted by atomic mass is 9.93. The van der Waals surface area contributed by atoms with Crippen molar-refractivity contribution in [3.63, 3.8) is 0 Å². The summed E-state index contributed by atoms with van der Waals surface area (Å²) in [6.45, 7) is 5.94. The molecule has 1 aliphatic rings. The lowest BCUT2D eigenvalue weighted by Crippen LogP contribution is -2.27. The third-order valence-corrected chi connectivity index (χ3v) is 5.32. The van der Waals surface area contributed by atoms with Gasteiger partial charge in [0.25, 0.3) is 0 Å². The van der Waals surface area contributed by atoms with E-state index in [0.29, 0.717) is 29.6 Å². The van der Waals surface area contributed by atoms with E-state index in [1.165, 1.54) is 11.9 Å². The van der Waals surface area contributed by atoms with Gasteiger partial charge in [-0.2, -0.15) is 10.1 Å². The Morgan fingerprint density at radius 1 is 1.17 bits per heavy atom. The molecule has 1 atom stereocenters.